The molecular weight excluding hydrogens is 632 g/mol. The van der Waals surface area contributed by atoms with Crippen molar-refractivity contribution in [1.82, 2.24) is 39.6 Å². The summed E-state index contributed by atoms with van der Waals surface area (Å²) in [6.07, 6.45) is 8.46. The lowest BCUT2D eigenvalue weighted by Gasteiger charge is -2.36. The number of carbonyl (C=O) groups excluding carboxylic acids is 4. The van der Waals surface area contributed by atoms with Crippen LogP contribution in [0, 0.1) is 6.92 Å². The summed E-state index contributed by atoms with van der Waals surface area (Å²) in [6.45, 7) is 3.24. The molecule has 13 nitrogen and oxygen atoms in total. The molecule has 2 aliphatic rings. The Hall–Kier alpha value is -4.85. The van der Waals surface area contributed by atoms with Crippen molar-refractivity contribution in [3.05, 3.63) is 83.2 Å². The molecule has 0 radical (unpaired) electrons. The number of aryl methyl sites for hydroxylation is 1. The van der Waals surface area contributed by atoms with Crippen molar-refractivity contribution in [2.75, 3.05) is 51.3 Å². The van der Waals surface area contributed by atoms with Gasteiger partial charge in [-0.2, -0.15) is 16.9 Å². The summed E-state index contributed by atoms with van der Waals surface area (Å²) >= 11 is 1.63. The fourth-order valence-corrected chi connectivity index (χ4v) is 6.71. The van der Waals surface area contributed by atoms with Gasteiger partial charge in [-0.05, 0) is 48.9 Å². The molecule has 14 heteroatoms. The van der Waals surface area contributed by atoms with Gasteiger partial charge in [-0.15, -0.1) is 0 Å². The predicted octanol–water partition coefficient (Wildman–Crippen LogP) is 2.22. The molecule has 0 spiro atoms. The third kappa shape index (κ3) is 7.18. The summed E-state index contributed by atoms with van der Waals surface area (Å²) in [5.41, 5.74) is 4.48. The Bertz CT molecular complexity index is 1820. The van der Waals surface area contributed by atoms with Crippen molar-refractivity contribution in [2.24, 2.45) is 0 Å². The molecule has 6 rings (SSSR count). The van der Waals surface area contributed by atoms with E-state index in [1.807, 2.05) is 59.0 Å². The fraction of sp³-hybridized carbons (Fsp3) is 0.412. The van der Waals surface area contributed by atoms with Crippen LogP contribution < -0.4 is 15.4 Å². The van der Waals surface area contributed by atoms with Crippen molar-refractivity contribution in [2.45, 2.75) is 38.8 Å². The molecule has 1 atom stereocenters. The number of amides is 4. The Balaban J connectivity index is 1.26. The van der Waals surface area contributed by atoms with E-state index in [1.54, 1.807) is 28.8 Å². The summed E-state index contributed by atoms with van der Waals surface area (Å²) in [5.74, 6) is 0.522. The van der Waals surface area contributed by atoms with E-state index in [9.17, 15) is 19.2 Å². The van der Waals surface area contributed by atoms with E-state index in [1.165, 1.54) is 11.1 Å². The van der Waals surface area contributed by atoms with Gasteiger partial charge in [0.1, 0.15) is 18.3 Å². The molecule has 252 valence electrons. The number of nitrogens with one attached hydrogen (secondary N) is 2. The molecule has 4 amide bonds. The number of ether oxygens (including phenoxy) is 1. The number of hydrogen-bond acceptors (Lipinski definition) is 8. The van der Waals surface area contributed by atoms with Gasteiger partial charge in [0.05, 0.1) is 42.4 Å². The average Bonchev–Trinajstić information content (AvgIpc) is 3.71. The molecule has 6 bridgehead atoms. The van der Waals surface area contributed by atoms with Gasteiger partial charge < -0.3 is 29.7 Å². The maximum Gasteiger partial charge on any atom is 0.258 e. The zero-order valence-electron chi connectivity index (χ0n) is 27.2. The van der Waals surface area contributed by atoms with Crippen LogP contribution in [0.25, 0.3) is 5.52 Å². The Morgan fingerprint density at radius 2 is 1.90 bits per heavy atom. The molecule has 48 heavy (non-hydrogen) atoms. The first kappa shape index (κ1) is 33.1. The number of benzene rings is 1. The van der Waals surface area contributed by atoms with Crippen LogP contribution in [-0.2, 0) is 27.3 Å². The summed E-state index contributed by atoms with van der Waals surface area (Å²) in [6, 6.07) is 11.0. The lowest BCUT2D eigenvalue weighted by atomic mass is 9.95. The van der Waals surface area contributed by atoms with Crippen LogP contribution >= 0.6 is 11.8 Å². The minimum Gasteiger partial charge on any atom is -0.494 e. The van der Waals surface area contributed by atoms with Gasteiger partial charge in [0.25, 0.3) is 5.91 Å². The van der Waals surface area contributed by atoms with Crippen LogP contribution in [0.5, 0.6) is 5.75 Å². The minimum atomic E-state index is -0.413. The zero-order chi connectivity index (χ0) is 33.6. The van der Waals surface area contributed by atoms with E-state index in [0.717, 1.165) is 28.3 Å². The number of pyridine rings is 1. The summed E-state index contributed by atoms with van der Waals surface area (Å²) in [5, 5.41) is 10.1. The standard InChI is InChI=1S/C34H40N8O5S/c1-23-6-4-13-42-32(23)26(19-38-42)34(46)39-15-12-36-29(44)21-40-22-37-31-27(40)9-14-41(30(45)10-17-48-2)33(31)24-7-3-8-25(18-24)47-16-5-11-35-28(43)20-39/h3-4,6-8,13,18-19,22,33H,5,9-12,14-17,20-21H2,1-2H3,(H,35,43)(H,36,44). The van der Waals surface area contributed by atoms with E-state index in [0.29, 0.717) is 55.8 Å². The summed E-state index contributed by atoms with van der Waals surface area (Å²) < 4.78 is 9.54. The Labute approximate surface area is 283 Å². The SMILES string of the molecule is CSCCC(=O)N1CCc2c3ncn2CC(=O)NCCN(C(=O)c2cnn4cccc(C)c24)CC(=O)NCCCOc2cccc(c2)C31. The van der Waals surface area contributed by atoms with Crippen LogP contribution in [0.4, 0.5) is 0 Å². The second-order valence-corrected chi connectivity index (χ2v) is 12.9. The summed E-state index contributed by atoms with van der Waals surface area (Å²) in [7, 11) is 0. The van der Waals surface area contributed by atoms with Gasteiger partial charge in [-0.1, -0.05) is 18.2 Å². The lowest BCUT2D eigenvalue weighted by molar-refractivity contribution is -0.133. The van der Waals surface area contributed by atoms with Crippen molar-refractivity contribution in [3.63, 3.8) is 0 Å². The second kappa shape index (κ2) is 14.9. The molecule has 4 aromatic rings. The number of imidazole rings is 1. The van der Waals surface area contributed by atoms with Crippen LogP contribution in [0.3, 0.4) is 0 Å². The Morgan fingerprint density at radius 1 is 1.06 bits per heavy atom. The van der Waals surface area contributed by atoms with Gasteiger partial charge >= 0.3 is 0 Å². The molecule has 1 unspecified atom stereocenters. The monoisotopic (exact) mass is 672 g/mol. The maximum atomic E-state index is 13.8. The lowest BCUT2D eigenvalue weighted by Crippen LogP contribution is -2.45. The van der Waals surface area contributed by atoms with E-state index < -0.39 is 6.04 Å². The first-order valence-electron chi connectivity index (χ1n) is 16.1. The van der Waals surface area contributed by atoms with Crippen LogP contribution in [-0.4, -0.2) is 104 Å². The Kier molecular flexibility index (Phi) is 10.3. The average molecular weight is 673 g/mol. The smallest absolute Gasteiger partial charge is 0.258 e. The van der Waals surface area contributed by atoms with E-state index in [2.05, 4.69) is 15.7 Å². The quantitative estimate of drug-likeness (QED) is 0.336. The molecule has 0 fully saturated rings. The molecule has 0 aliphatic carbocycles. The molecule has 0 saturated carbocycles. The van der Waals surface area contributed by atoms with Crippen LogP contribution in [0.2, 0.25) is 0 Å². The topological polar surface area (TPSA) is 143 Å². The number of aromatic nitrogens is 4. The van der Waals surface area contributed by atoms with Gasteiger partial charge in [0.2, 0.25) is 17.7 Å². The third-order valence-corrected chi connectivity index (χ3v) is 9.29. The molecule has 0 saturated heterocycles. The number of rotatable bonds is 4. The summed E-state index contributed by atoms with van der Waals surface area (Å²) in [4.78, 5) is 61.5. The minimum absolute atomic E-state index is 0.0281. The number of hydrogen-bond donors (Lipinski definition) is 2. The highest BCUT2D eigenvalue weighted by Crippen LogP contribution is 2.36. The normalized spacial score (nSPS) is 17.8. The molecular formula is C34H40N8O5S. The maximum absolute atomic E-state index is 13.8. The largest absolute Gasteiger partial charge is 0.494 e. The fourth-order valence-electron chi connectivity index (χ4n) is 6.33. The molecule has 2 aliphatic heterocycles. The third-order valence-electron chi connectivity index (χ3n) is 8.68. The molecule has 1 aromatic carbocycles. The van der Waals surface area contributed by atoms with E-state index in [-0.39, 0.29) is 49.8 Å². The highest BCUT2D eigenvalue weighted by molar-refractivity contribution is 7.98. The van der Waals surface area contributed by atoms with Crippen molar-refractivity contribution in [1.29, 1.82) is 0 Å². The highest BCUT2D eigenvalue weighted by atomic mass is 32.2. The molecule has 3 aromatic heterocycles. The van der Waals surface area contributed by atoms with Crippen molar-refractivity contribution < 1.29 is 23.9 Å². The predicted molar refractivity (Wildman–Crippen MR) is 181 cm³/mol. The highest BCUT2D eigenvalue weighted by Gasteiger charge is 2.35. The van der Waals surface area contributed by atoms with Crippen molar-refractivity contribution in [3.8, 4) is 5.75 Å². The first-order chi connectivity index (χ1) is 23.3. The Morgan fingerprint density at radius 3 is 2.75 bits per heavy atom. The number of thioether (sulfide) groups is 1. The number of fused-ring (bicyclic) bond motifs is 4. The van der Waals surface area contributed by atoms with Gasteiger partial charge in [0, 0.05) is 56.7 Å². The zero-order valence-corrected chi connectivity index (χ0v) is 28.0. The van der Waals surface area contributed by atoms with Gasteiger partial charge in [0.15, 0.2) is 0 Å². The second-order valence-electron chi connectivity index (χ2n) is 11.9. The number of carbonyl (C=O) groups is 4. The molecule has 5 heterocycles. The van der Waals surface area contributed by atoms with Crippen molar-refractivity contribution >= 4 is 40.9 Å². The molecule has 2 N–H and O–H groups in total. The van der Waals surface area contributed by atoms with Crippen LogP contribution in [0.15, 0.2) is 55.1 Å². The van der Waals surface area contributed by atoms with Gasteiger partial charge in [-0.3, -0.25) is 19.2 Å². The van der Waals surface area contributed by atoms with E-state index >= 15 is 0 Å². The first-order valence-corrected chi connectivity index (χ1v) is 17.5. The van der Waals surface area contributed by atoms with Gasteiger partial charge in [-0.25, -0.2) is 9.50 Å². The number of nitrogens with zero attached hydrogens (tertiary/aromatic N) is 6. The van der Waals surface area contributed by atoms with Crippen LogP contribution in [0.1, 0.15) is 51.8 Å². The van der Waals surface area contributed by atoms with E-state index in [4.69, 9.17) is 9.72 Å².